The number of rotatable bonds is 10. The normalized spacial score (nSPS) is 21.4. The molecule has 3 heteroatoms. The molecular weight excluding hydrogens is 312 g/mol. The molecule has 0 heterocycles. The van der Waals surface area contributed by atoms with Crippen molar-refractivity contribution in [2.75, 3.05) is 6.61 Å². The summed E-state index contributed by atoms with van der Waals surface area (Å²) >= 11 is 0. The van der Waals surface area contributed by atoms with Crippen molar-refractivity contribution < 1.29 is 14.6 Å². The highest BCUT2D eigenvalue weighted by atomic mass is 16.5. The van der Waals surface area contributed by atoms with E-state index in [2.05, 4.69) is 26.8 Å². The van der Waals surface area contributed by atoms with Crippen LogP contribution < -0.4 is 0 Å². The molecule has 1 rings (SSSR count). The first kappa shape index (κ1) is 22.0. The highest BCUT2D eigenvalue weighted by molar-refractivity contribution is 5.83. The Morgan fingerprint density at radius 3 is 2.56 bits per heavy atom. The van der Waals surface area contributed by atoms with Crippen LogP contribution in [0.5, 0.6) is 0 Å². The van der Waals surface area contributed by atoms with E-state index < -0.39 is 5.60 Å². The standard InChI is InChI=1S/C22H38O3/c1-6-17(15-20(7-2)22(5,24)8-3)13-18-11-10-12-19(14-18)16-21(23)25-9-4/h14,16-17,20,24H,6-13,15H2,1-5H3/b19-16+. The quantitative estimate of drug-likeness (QED) is 0.413. The van der Waals surface area contributed by atoms with Crippen LogP contribution in [-0.2, 0) is 9.53 Å². The van der Waals surface area contributed by atoms with Crippen LogP contribution in [0.1, 0.15) is 86.0 Å². The number of carbonyl (C=O) groups excluding carboxylic acids is 1. The second kappa shape index (κ2) is 10.8. The second-order valence-electron chi connectivity index (χ2n) is 7.66. The molecule has 0 aliphatic heterocycles. The van der Waals surface area contributed by atoms with Crippen molar-refractivity contribution in [3.05, 3.63) is 23.3 Å². The summed E-state index contributed by atoms with van der Waals surface area (Å²) in [4.78, 5) is 11.7. The highest BCUT2D eigenvalue weighted by Crippen LogP contribution is 2.35. The molecule has 0 aromatic carbocycles. The smallest absolute Gasteiger partial charge is 0.331 e. The first-order valence-corrected chi connectivity index (χ1v) is 10.1. The highest BCUT2D eigenvalue weighted by Gasteiger charge is 2.30. The summed E-state index contributed by atoms with van der Waals surface area (Å²) in [7, 11) is 0. The maximum absolute atomic E-state index is 11.7. The maximum atomic E-state index is 11.7. The molecular formula is C22H38O3. The van der Waals surface area contributed by atoms with Crippen molar-refractivity contribution >= 4 is 5.97 Å². The van der Waals surface area contributed by atoms with E-state index in [0.717, 1.165) is 56.9 Å². The van der Waals surface area contributed by atoms with Gasteiger partial charge < -0.3 is 9.84 Å². The minimum absolute atomic E-state index is 0.230. The summed E-state index contributed by atoms with van der Waals surface area (Å²) in [6.45, 7) is 10.7. The zero-order valence-corrected chi connectivity index (χ0v) is 16.9. The molecule has 0 radical (unpaired) electrons. The molecule has 3 nitrogen and oxygen atoms in total. The summed E-state index contributed by atoms with van der Waals surface area (Å²) in [6.07, 6.45) is 12.2. The number of ether oxygens (including phenoxy) is 1. The van der Waals surface area contributed by atoms with Crippen molar-refractivity contribution in [1.29, 1.82) is 0 Å². The molecule has 1 N–H and O–H groups in total. The Balaban J connectivity index is 2.76. The van der Waals surface area contributed by atoms with Crippen LogP contribution in [-0.4, -0.2) is 23.3 Å². The minimum atomic E-state index is -0.571. The number of carbonyl (C=O) groups is 1. The SMILES string of the molecule is CCOC(=O)/C=C1/C=C(CC(CC)CC(CC)C(C)(O)CC)CCC1. The third-order valence-corrected chi connectivity index (χ3v) is 5.78. The van der Waals surface area contributed by atoms with Crippen LogP contribution in [0.3, 0.4) is 0 Å². The average Bonchev–Trinajstić information content (AvgIpc) is 2.58. The number of hydrogen-bond acceptors (Lipinski definition) is 3. The fraction of sp³-hybridized carbons (Fsp3) is 0.773. The topological polar surface area (TPSA) is 46.5 Å². The first-order valence-electron chi connectivity index (χ1n) is 10.1. The molecule has 0 aromatic rings. The van der Waals surface area contributed by atoms with Gasteiger partial charge in [-0.15, -0.1) is 0 Å². The van der Waals surface area contributed by atoms with Crippen LogP contribution in [0.15, 0.2) is 23.3 Å². The van der Waals surface area contributed by atoms with E-state index in [1.807, 2.05) is 13.8 Å². The van der Waals surface area contributed by atoms with Gasteiger partial charge in [-0.2, -0.15) is 0 Å². The van der Waals surface area contributed by atoms with Gasteiger partial charge in [-0.25, -0.2) is 4.79 Å². The molecule has 1 aliphatic rings. The van der Waals surface area contributed by atoms with E-state index >= 15 is 0 Å². The van der Waals surface area contributed by atoms with Crippen LogP contribution in [0.4, 0.5) is 0 Å². The van der Waals surface area contributed by atoms with E-state index in [1.165, 1.54) is 5.57 Å². The Labute approximate surface area is 154 Å². The third kappa shape index (κ3) is 7.35. The Morgan fingerprint density at radius 2 is 2.00 bits per heavy atom. The summed E-state index contributed by atoms with van der Waals surface area (Å²) in [6, 6.07) is 0. The van der Waals surface area contributed by atoms with Crippen LogP contribution in [0, 0.1) is 11.8 Å². The number of aliphatic hydroxyl groups is 1. The van der Waals surface area contributed by atoms with E-state index in [9.17, 15) is 9.90 Å². The van der Waals surface area contributed by atoms with E-state index in [4.69, 9.17) is 4.74 Å². The summed E-state index contributed by atoms with van der Waals surface area (Å²) in [5.74, 6) is 0.712. The van der Waals surface area contributed by atoms with Crippen LogP contribution >= 0.6 is 0 Å². The fourth-order valence-corrected chi connectivity index (χ4v) is 3.85. The molecule has 25 heavy (non-hydrogen) atoms. The van der Waals surface area contributed by atoms with Gasteiger partial charge in [0.05, 0.1) is 12.2 Å². The Hall–Kier alpha value is -1.09. The molecule has 1 aliphatic carbocycles. The van der Waals surface area contributed by atoms with Gasteiger partial charge in [-0.1, -0.05) is 45.3 Å². The lowest BCUT2D eigenvalue weighted by atomic mass is 9.76. The van der Waals surface area contributed by atoms with Gasteiger partial charge in [0.2, 0.25) is 0 Å². The monoisotopic (exact) mass is 350 g/mol. The Morgan fingerprint density at radius 1 is 1.28 bits per heavy atom. The lowest BCUT2D eigenvalue weighted by molar-refractivity contribution is -0.137. The minimum Gasteiger partial charge on any atom is -0.463 e. The Kier molecular flexibility index (Phi) is 9.48. The van der Waals surface area contributed by atoms with Crippen molar-refractivity contribution in [1.82, 2.24) is 0 Å². The van der Waals surface area contributed by atoms with Gasteiger partial charge in [0.15, 0.2) is 0 Å². The van der Waals surface area contributed by atoms with Crippen LogP contribution in [0.25, 0.3) is 0 Å². The molecule has 3 unspecified atom stereocenters. The van der Waals surface area contributed by atoms with Crippen molar-refractivity contribution in [2.24, 2.45) is 11.8 Å². The van der Waals surface area contributed by atoms with E-state index in [0.29, 0.717) is 18.4 Å². The van der Waals surface area contributed by atoms with Gasteiger partial charge >= 0.3 is 5.97 Å². The second-order valence-corrected chi connectivity index (χ2v) is 7.66. The van der Waals surface area contributed by atoms with Crippen molar-refractivity contribution in [3.63, 3.8) is 0 Å². The van der Waals surface area contributed by atoms with E-state index in [1.54, 1.807) is 6.08 Å². The lowest BCUT2D eigenvalue weighted by Crippen LogP contribution is -2.34. The molecule has 3 atom stereocenters. The fourth-order valence-electron chi connectivity index (χ4n) is 3.85. The predicted molar refractivity (Wildman–Crippen MR) is 104 cm³/mol. The van der Waals surface area contributed by atoms with E-state index in [-0.39, 0.29) is 5.97 Å². The molecule has 0 fully saturated rings. The largest absolute Gasteiger partial charge is 0.463 e. The predicted octanol–water partition coefficient (Wildman–Crippen LogP) is 5.58. The molecule has 0 aromatic heterocycles. The number of allylic oxidation sites excluding steroid dienone is 3. The van der Waals surface area contributed by atoms with Crippen molar-refractivity contribution in [3.8, 4) is 0 Å². The molecule has 144 valence electrons. The molecule has 0 bridgehead atoms. The Bertz CT molecular complexity index is 474. The molecule has 0 amide bonds. The van der Waals surface area contributed by atoms with Gasteiger partial charge in [0.1, 0.15) is 0 Å². The van der Waals surface area contributed by atoms with Crippen molar-refractivity contribution in [2.45, 2.75) is 91.6 Å². The zero-order chi connectivity index (χ0) is 18.9. The lowest BCUT2D eigenvalue weighted by Gasteiger charge is -2.34. The number of esters is 1. The average molecular weight is 351 g/mol. The third-order valence-electron chi connectivity index (χ3n) is 5.78. The van der Waals surface area contributed by atoms with Gasteiger partial charge in [-0.05, 0) is 69.8 Å². The van der Waals surface area contributed by atoms with Crippen LogP contribution in [0.2, 0.25) is 0 Å². The molecule has 0 saturated carbocycles. The summed E-state index contributed by atoms with van der Waals surface area (Å²) in [5, 5.41) is 10.6. The van der Waals surface area contributed by atoms with Gasteiger partial charge in [0, 0.05) is 6.08 Å². The maximum Gasteiger partial charge on any atom is 0.331 e. The molecule has 0 saturated heterocycles. The summed E-state index contributed by atoms with van der Waals surface area (Å²) in [5.41, 5.74) is 1.97. The summed E-state index contributed by atoms with van der Waals surface area (Å²) < 4.78 is 5.03. The molecule has 0 spiro atoms. The number of hydrogen-bond donors (Lipinski definition) is 1. The first-order chi connectivity index (χ1) is 11.9. The zero-order valence-electron chi connectivity index (χ0n) is 16.9. The van der Waals surface area contributed by atoms with Gasteiger partial charge in [-0.3, -0.25) is 0 Å². The van der Waals surface area contributed by atoms with Gasteiger partial charge in [0.25, 0.3) is 0 Å².